The molecule has 0 aliphatic heterocycles. The number of nitrogens with one attached hydrogen (secondary N) is 1. The molecule has 0 aliphatic rings. The lowest BCUT2D eigenvalue weighted by atomic mass is 10.2. The Morgan fingerprint density at radius 3 is 2.75 bits per heavy atom. The Labute approximate surface area is 162 Å². The van der Waals surface area contributed by atoms with Gasteiger partial charge in [0.25, 0.3) is 0 Å². The van der Waals surface area contributed by atoms with E-state index in [1.54, 1.807) is 30.5 Å². The SMILES string of the molecule is COc1ccc(/C=C/C(=O)Nc2cccc(C#Cc3ccccn3)c2)cc1F. The van der Waals surface area contributed by atoms with Crippen LogP contribution in [-0.2, 0) is 4.79 Å². The Hall–Kier alpha value is -3.91. The van der Waals surface area contributed by atoms with Crippen LogP contribution >= 0.6 is 0 Å². The topological polar surface area (TPSA) is 51.2 Å². The maximum Gasteiger partial charge on any atom is 0.248 e. The van der Waals surface area contributed by atoms with Crippen molar-refractivity contribution in [2.75, 3.05) is 12.4 Å². The van der Waals surface area contributed by atoms with Crippen LogP contribution in [0, 0.1) is 17.7 Å². The molecule has 5 heteroatoms. The Kier molecular flexibility index (Phi) is 6.17. The van der Waals surface area contributed by atoms with Gasteiger partial charge in [-0.2, -0.15) is 0 Å². The molecule has 1 amide bonds. The highest BCUT2D eigenvalue weighted by molar-refractivity contribution is 6.02. The van der Waals surface area contributed by atoms with Crippen LogP contribution in [0.15, 0.2) is 72.9 Å². The summed E-state index contributed by atoms with van der Waals surface area (Å²) in [5.41, 5.74) is 2.60. The van der Waals surface area contributed by atoms with Gasteiger partial charge in [0.15, 0.2) is 11.6 Å². The van der Waals surface area contributed by atoms with Crippen molar-refractivity contribution in [3.05, 3.63) is 95.6 Å². The lowest BCUT2D eigenvalue weighted by molar-refractivity contribution is -0.111. The molecule has 1 aromatic heterocycles. The van der Waals surface area contributed by atoms with Crippen molar-refractivity contribution in [3.63, 3.8) is 0 Å². The van der Waals surface area contributed by atoms with Gasteiger partial charge in [-0.15, -0.1) is 0 Å². The number of hydrogen-bond donors (Lipinski definition) is 1. The molecule has 3 rings (SSSR count). The van der Waals surface area contributed by atoms with Gasteiger partial charge in [-0.05, 0) is 60.0 Å². The van der Waals surface area contributed by atoms with Gasteiger partial charge < -0.3 is 10.1 Å². The molecule has 0 saturated carbocycles. The Balaban J connectivity index is 1.66. The average Bonchev–Trinajstić information content (AvgIpc) is 2.72. The number of pyridine rings is 1. The Morgan fingerprint density at radius 2 is 2.00 bits per heavy atom. The highest BCUT2D eigenvalue weighted by atomic mass is 19.1. The summed E-state index contributed by atoms with van der Waals surface area (Å²) in [7, 11) is 1.40. The van der Waals surface area contributed by atoms with Crippen LogP contribution < -0.4 is 10.1 Å². The first-order chi connectivity index (χ1) is 13.6. The van der Waals surface area contributed by atoms with Crippen molar-refractivity contribution in [1.29, 1.82) is 0 Å². The minimum absolute atomic E-state index is 0.158. The van der Waals surface area contributed by atoms with Gasteiger partial charge in [0.1, 0.15) is 5.69 Å². The fourth-order valence-electron chi connectivity index (χ4n) is 2.39. The van der Waals surface area contributed by atoms with E-state index in [0.29, 0.717) is 16.9 Å². The zero-order valence-electron chi connectivity index (χ0n) is 15.1. The fraction of sp³-hybridized carbons (Fsp3) is 0.0435. The first kappa shape index (κ1) is 18.9. The molecule has 1 heterocycles. The van der Waals surface area contributed by atoms with E-state index in [1.165, 1.54) is 31.4 Å². The minimum Gasteiger partial charge on any atom is -0.494 e. The van der Waals surface area contributed by atoms with Crippen LogP contribution in [0.25, 0.3) is 6.08 Å². The van der Waals surface area contributed by atoms with Gasteiger partial charge >= 0.3 is 0 Å². The second-order valence-electron chi connectivity index (χ2n) is 5.76. The number of ether oxygens (including phenoxy) is 1. The van der Waals surface area contributed by atoms with Crippen molar-refractivity contribution in [1.82, 2.24) is 4.98 Å². The second kappa shape index (κ2) is 9.15. The van der Waals surface area contributed by atoms with Gasteiger partial charge in [0, 0.05) is 23.5 Å². The monoisotopic (exact) mass is 372 g/mol. The Bertz CT molecular complexity index is 1070. The molecule has 0 atom stereocenters. The van der Waals surface area contributed by atoms with Crippen LogP contribution in [0.3, 0.4) is 0 Å². The highest BCUT2D eigenvalue weighted by Gasteiger charge is 2.03. The summed E-state index contributed by atoms with van der Waals surface area (Å²) in [6.45, 7) is 0. The van der Waals surface area contributed by atoms with Crippen LogP contribution in [-0.4, -0.2) is 18.0 Å². The van der Waals surface area contributed by atoms with Crippen molar-refractivity contribution in [2.45, 2.75) is 0 Å². The number of nitrogens with zero attached hydrogens (tertiary/aromatic N) is 1. The molecule has 1 N–H and O–H groups in total. The van der Waals surface area contributed by atoms with E-state index in [9.17, 15) is 9.18 Å². The van der Waals surface area contributed by atoms with Gasteiger partial charge in [0.05, 0.1) is 7.11 Å². The maximum absolute atomic E-state index is 13.7. The lowest BCUT2D eigenvalue weighted by Gasteiger charge is -2.03. The molecule has 0 bridgehead atoms. The van der Waals surface area contributed by atoms with E-state index in [-0.39, 0.29) is 11.7 Å². The van der Waals surface area contributed by atoms with E-state index >= 15 is 0 Å². The highest BCUT2D eigenvalue weighted by Crippen LogP contribution is 2.18. The van der Waals surface area contributed by atoms with Crippen molar-refractivity contribution in [2.24, 2.45) is 0 Å². The quantitative estimate of drug-likeness (QED) is 0.549. The summed E-state index contributed by atoms with van der Waals surface area (Å²) in [6.07, 6.45) is 4.55. The van der Waals surface area contributed by atoms with E-state index in [2.05, 4.69) is 22.1 Å². The molecule has 0 saturated heterocycles. The van der Waals surface area contributed by atoms with Crippen LogP contribution in [0.2, 0.25) is 0 Å². The third kappa shape index (κ3) is 5.29. The molecular weight excluding hydrogens is 355 g/mol. The number of amides is 1. The number of aromatic nitrogens is 1. The molecule has 0 fully saturated rings. The molecule has 3 aromatic rings. The molecule has 0 radical (unpaired) electrons. The normalized spacial score (nSPS) is 10.2. The van der Waals surface area contributed by atoms with Crippen molar-refractivity contribution in [3.8, 4) is 17.6 Å². The molecule has 0 unspecified atom stereocenters. The molecule has 4 nitrogen and oxygen atoms in total. The standard InChI is InChI=1S/C23H17FN2O2/c1-28-22-12-9-18(16-21(22)24)10-13-23(27)26-20-7-4-5-17(15-20)8-11-19-6-2-3-14-25-19/h2-7,9-10,12-16H,1H3,(H,26,27)/b13-10+. The first-order valence-corrected chi connectivity index (χ1v) is 8.50. The summed E-state index contributed by atoms with van der Waals surface area (Å²) in [6, 6.07) is 17.2. The van der Waals surface area contributed by atoms with Gasteiger partial charge in [-0.3, -0.25) is 4.79 Å². The lowest BCUT2D eigenvalue weighted by Crippen LogP contribution is -2.07. The smallest absolute Gasteiger partial charge is 0.248 e. The number of benzene rings is 2. The number of halogens is 1. The zero-order valence-corrected chi connectivity index (χ0v) is 15.1. The third-order valence-electron chi connectivity index (χ3n) is 3.73. The van der Waals surface area contributed by atoms with Crippen LogP contribution in [0.4, 0.5) is 10.1 Å². The number of rotatable bonds is 4. The second-order valence-corrected chi connectivity index (χ2v) is 5.76. The number of methoxy groups -OCH3 is 1. The molecular formula is C23H17FN2O2. The summed E-state index contributed by atoms with van der Waals surface area (Å²) in [5, 5.41) is 2.76. The minimum atomic E-state index is -0.482. The van der Waals surface area contributed by atoms with E-state index < -0.39 is 5.82 Å². The molecule has 138 valence electrons. The number of carbonyl (C=O) groups excluding carboxylic acids is 1. The largest absolute Gasteiger partial charge is 0.494 e. The Morgan fingerprint density at radius 1 is 1.11 bits per heavy atom. The predicted molar refractivity (Wildman–Crippen MR) is 107 cm³/mol. The van der Waals surface area contributed by atoms with Gasteiger partial charge in [-0.25, -0.2) is 9.37 Å². The summed E-state index contributed by atoms with van der Waals surface area (Å²) in [4.78, 5) is 16.3. The van der Waals surface area contributed by atoms with E-state index in [1.807, 2.05) is 24.3 Å². The van der Waals surface area contributed by atoms with E-state index in [0.717, 1.165) is 5.56 Å². The van der Waals surface area contributed by atoms with Crippen molar-refractivity contribution >= 4 is 17.7 Å². The number of carbonyl (C=O) groups is 1. The zero-order chi connectivity index (χ0) is 19.8. The van der Waals surface area contributed by atoms with E-state index in [4.69, 9.17) is 4.74 Å². The third-order valence-corrected chi connectivity index (χ3v) is 3.73. The summed E-state index contributed by atoms with van der Waals surface area (Å²) >= 11 is 0. The first-order valence-electron chi connectivity index (χ1n) is 8.50. The molecule has 2 aromatic carbocycles. The molecule has 0 aliphatic carbocycles. The predicted octanol–water partition coefficient (Wildman–Crippen LogP) is 4.28. The summed E-state index contributed by atoms with van der Waals surface area (Å²) in [5.74, 6) is 5.33. The molecule has 0 spiro atoms. The fourth-order valence-corrected chi connectivity index (χ4v) is 2.39. The van der Waals surface area contributed by atoms with Crippen molar-refractivity contribution < 1.29 is 13.9 Å². The molecule has 28 heavy (non-hydrogen) atoms. The average molecular weight is 372 g/mol. The number of hydrogen-bond acceptors (Lipinski definition) is 3. The number of anilines is 1. The van der Waals surface area contributed by atoms with Crippen LogP contribution in [0.5, 0.6) is 5.75 Å². The summed E-state index contributed by atoms with van der Waals surface area (Å²) < 4.78 is 18.6. The van der Waals surface area contributed by atoms with Gasteiger partial charge in [-0.1, -0.05) is 24.1 Å². The van der Waals surface area contributed by atoms with Crippen LogP contribution in [0.1, 0.15) is 16.8 Å². The van der Waals surface area contributed by atoms with Gasteiger partial charge in [0.2, 0.25) is 5.91 Å². The maximum atomic E-state index is 13.7.